The lowest BCUT2D eigenvalue weighted by Crippen LogP contribution is -2.36. The summed E-state index contributed by atoms with van der Waals surface area (Å²) in [5.41, 5.74) is 0. The van der Waals surface area contributed by atoms with Crippen molar-refractivity contribution in [2.45, 2.75) is 0 Å². The Morgan fingerprint density at radius 2 is 2.33 bits per heavy atom. The van der Waals surface area contributed by atoms with Crippen LogP contribution in [0.3, 0.4) is 0 Å². The largest absolute Gasteiger partial charge is 0.395 e. The number of rotatable bonds is 6. The van der Waals surface area contributed by atoms with Crippen LogP contribution >= 0.6 is 22.9 Å². The molecule has 0 fully saturated rings. The summed E-state index contributed by atoms with van der Waals surface area (Å²) in [6, 6.07) is 0. The Morgan fingerprint density at radius 1 is 1.67 bits per heavy atom. The Labute approximate surface area is 86.1 Å². The van der Waals surface area contributed by atoms with Crippen LogP contribution in [0.4, 0.5) is 0 Å². The molecule has 4 nitrogen and oxygen atoms in total. The number of carbonyl (C=O) groups excluding carboxylic acids is 1. The lowest BCUT2D eigenvalue weighted by molar-refractivity contribution is -0.126. The lowest BCUT2D eigenvalue weighted by Gasteiger charge is -2.19. The van der Waals surface area contributed by atoms with Gasteiger partial charge in [-0.15, -0.1) is 0 Å². The van der Waals surface area contributed by atoms with Gasteiger partial charge in [-0.3, -0.25) is 8.32 Å². The minimum atomic E-state index is -0.143. The number of aliphatic hydroxyl groups excluding tert-OH is 1. The zero-order valence-corrected chi connectivity index (χ0v) is 8.95. The molecule has 12 heavy (non-hydrogen) atoms. The summed E-state index contributed by atoms with van der Waals surface area (Å²) >= 11 is 2.01. The number of nitrogens with zero attached hydrogens (tertiary/aromatic N) is 1. The van der Waals surface area contributed by atoms with Crippen molar-refractivity contribution < 1.29 is 9.90 Å². The highest BCUT2D eigenvalue weighted by Gasteiger charge is 2.07. The minimum absolute atomic E-state index is 0.0131. The molecule has 0 aliphatic heterocycles. The first kappa shape index (κ1) is 11.9. The first-order valence-corrected chi connectivity index (χ1v) is 4.69. The van der Waals surface area contributed by atoms with Gasteiger partial charge in [0.1, 0.15) is 0 Å². The normalized spacial score (nSPS) is 9.50. The summed E-state index contributed by atoms with van der Waals surface area (Å²) in [6.07, 6.45) is 1.25. The van der Waals surface area contributed by atoms with Gasteiger partial charge in [-0.05, 0) is 6.08 Å². The second kappa shape index (κ2) is 7.51. The molecule has 0 aliphatic rings. The van der Waals surface area contributed by atoms with Gasteiger partial charge < -0.3 is 10.0 Å². The second-order valence-electron chi connectivity index (χ2n) is 2.14. The van der Waals surface area contributed by atoms with E-state index in [1.54, 1.807) is 4.90 Å². The molecule has 0 aromatic heterocycles. The molecule has 0 bridgehead atoms. The molecule has 0 aromatic rings. The molecule has 0 aliphatic carbocycles. The van der Waals surface area contributed by atoms with Crippen molar-refractivity contribution in [3.63, 3.8) is 0 Å². The standard InChI is InChI=1S/C7H13IN2O2/c1-2-7(12)10(5-6-11)4-3-9-8/h2,9,11H,1,3-6H2. The Bertz CT molecular complexity index is 152. The summed E-state index contributed by atoms with van der Waals surface area (Å²) in [5.74, 6) is -0.143. The van der Waals surface area contributed by atoms with Crippen LogP contribution in [0, 0.1) is 0 Å². The topological polar surface area (TPSA) is 52.6 Å². The quantitative estimate of drug-likeness (QED) is 0.408. The van der Waals surface area contributed by atoms with E-state index in [0.717, 1.165) is 0 Å². The zero-order chi connectivity index (χ0) is 9.40. The van der Waals surface area contributed by atoms with Crippen molar-refractivity contribution >= 4 is 28.8 Å². The molecule has 0 heterocycles. The monoisotopic (exact) mass is 284 g/mol. The van der Waals surface area contributed by atoms with Crippen LogP contribution in [0.25, 0.3) is 0 Å². The summed E-state index contributed by atoms with van der Waals surface area (Å²) in [5, 5.41) is 8.63. The SMILES string of the molecule is C=CC(=O)N(CCO)CCNI. The molecule has 0 saturated carbocycles. The molecular formula is C7H13IN2O2. The third-order valence-corrected chi connectivity index (χ3v) is 1.87. The van der Waals surface area contributed by atoms with E-state index in [-0.39, 0.29) is 12.5 Å². The highest BCUT2D eigenvalue weighted by Crippen LogP contribution is 1.89. The highest BCUT2D eigenvalue weighted by atomic mass is 127. The van der Waals surface area contributed by atoms with Crippen molar-refractivity contribution in [1.29, 1.82) is 0 Å². The number of amides is 1. The van der Waals surface area contributed by atoms with Gasteiger partial charge in [-0.2, -0.15) is 0 Å². The van der Waals surface area contributed by atoms with Gasteiger partial charge >= 0.3 is 0 Å². The molecule has 0 rings (SSSR count). The molecule has 0 unspecified atom stereocenters. The van der Waals surface area contributed by atoms with Gasteiger partial charge in [0, 0.05) is 42.5 Å². The van der Waals surface area contributed by atoms with Gasteiger partial charge in [0.15, 0.2) is 0 Å². The molecule has 0 atom stereocenters. The Morgan fingerprint density at radius 3 is 2.75 bits per heavy atom. The predicted molar refractivity (Wildman–Crippen MR) is 55.9 cm³/mol. The molecular weight excluding hydrogens is 271 g/mol. The van der Waals surface area contributed by atoms with Crippen LogP contribution in [-0.4, -0.2) is 42.2 Å². The maximum Gasteiger partial charge on any atom is 0.246 e. The number of hydrogen-bond donors (Lipinski definition) is 2. The first-order chi connectivity index (χ1) is 5.76. The summed E-state index contributed by atoms with van der Waals surface area (Å²) in [7, 11) is 0. The van der Waals surface area contributed by atoms with E-state index < -0.39 is 0 Å². The molecule has 0 aromatic carbocycles. The predicted octanol–water partition coefficient (Wildman–Crippen LogP) is -0.0671. The van der Waals surface area contributed by atoms with Gasteiger partial charge in [0.25, 0.3) is 0 Å². The van der Waals surface area contributed by atoms with Gasteiger partial charge in [-0.25, -0.2) is 0 Å². The number of hydrogen-bond acceptors (Lipinski definition) is 3. The fourth-order valence-corrected chi connectivity index (χ4v) is 1.00. The Hall–Kier alpha value is -0.140. The average Bonchev–Trinajstić information content (AvgIpc) is 2.11. The van der Waals surface area contributed by atoms with Crippen molar-refractivity contribution in [2.75, 3.05) is 26.2 Å². The van der Waals surface area contributed by atoms with Crippen LogP contribution in [0.5, 0.6) is 0 Å². The van der Waals surface area contributed by atoms with E-state index in [1.807, 2.05) is 22.9 Å². The minimum Gasteiger partial charge on any atom is -0.395 e. The van der Waals surface area contributed by atoms with E-state index >= 15 is 0 Å². The lowest BCUT2D eigenvalue weighted by atomic mass is 10.4. The Kier molecular flexibility index (Phi) is 7.42. The maximum atomic E-state index is 11.1. The summed E-state index contributed by atoms with van der Waals surface area (Å²) in [6.45, 7) is 5.03. The van der Waals surface area contributed by atoms with E-state index in [1.165, 1.54) is 6.08 Å². The third kappa shape index (κ3) is 4.68. The Balaban J connectivity index is 3.84. The van der Waals surface area contributed by atoms with Crippen LogP contribution < -0.4 is 3.53 Å². The fourth-order valence-electron chi connectivity index (χ4n) is 0.759. The molecule has 0 spiro atoms. The molecule has 2 N–H and O–H groups in total. The number of aliphatic hydroxyl groups is 1. The van der Waals surface area contributed by atoms with Crippen LogP contribution in [0.15, 0.2) is 12.7 Å². The summed E-state index contributed by atoms with van der Waals surface area (Å²) < 4.78 is 2.90. The van der Waals surface area contributed by atoms with Crippen molar-refractivity contribution in [3.05, 3.63) is 12.7 Å². The number of nitrogens with one attached hydrogen (secondary N) is 1. The first-order valence-electron chi connectivity index (χ1n) is 3.62. The number of halogens is 1. The van der Waals surface area contributed by atoms with E-state index in [2.05, 4.69) is 10.1 Å². The second-order valence-corrected chi connectivity index (χ2v) is 2.90. The smallest absolute Gasteiger partial charge is 0.246 e. The maximum absolute atomic E-state index is 11.1. The van der Waals surface area contributed by atoms with Crippen molar-refractivity contribution in [3.8, 4) is 0 Å². The average molecular weight is 284 g/mol. The zero-order valence-electron chi connectivity index (χ0n) is 6.79. The van der Waals surface area contributed by atoms with Crippen LogP contribution in [0.1, 0.15) is 0 Å². The van der Waals surface area contributed by atoms with Crippen molar-refractivity contribution in [1.82, 2.24) is 8.43 Å². The van der Waals surface area contributed by atoms with Crippen molar-refractivity contribution in [2.24, 2.45) is 0 Å². The molecule has 0 radical (unpaired) electrons. The van der Waals surface area contributed by atoms with Crippen LogP contribution in [-0.2, 0) is 4.79 Å². The summed E-state index contributed by atoms with van der Waals surface area (Å²) in [4.78, 5) is 12.6. The van der Waals surface area contributed by atoms with Crippen LogP contribution in [0.2, 0.25) is 0 Å². The van der Waals surface area contributed by atoms with Gasteiger partial charge in [0.05, 0.1) is 6.61 Å². The molecule has 1 amide bonds. The fraction of sp³-hybridized carbons (Fsp3) is 0.571. The molecule has 0 saturated heterocycles. The van der Waals surface area contributed by atoms with E-state index in [0.29, 0.717) is 19.6 Å². The van der Waals surface area contributed by atoms with Gasteiger partial charge in [-0.1, -0.05) is 6.58 Å². The third-order valence-electron chi connectivity index (χ3n) is 1.33. The number of carbonyl (C=O) groups is 1. The highest BCUT2D eigenvalue weighted by molar-refractivity contribution is 14.1. The molecule has 70 valence electrons. The van der Waals surface area contributed by atoms with E-state index in [4.69, 9.17) is 5.11 Å². The van der Waals surface area contributed by atoms with E-state index in [9.17, 15) is 4.79 Å². The van der Waals surface area contributed by atoms with Gasteiger partial charge in [0.2, 0.25) is 5.91 Å². The molecule has 5 heteroatoms.